The second-order valence-electron chi connectivity index (χ2n) is 3.94. The van der Waals surface area contributed by atoms with Gasteiger partial charge in [0, 0.05) is 0 Å². The Morgan fingerprint density at radius 2 is 2.00 bits per heavy atom. The second-order valence-corrected chi connectivity index (χ2v) is 4.34. The van der Waals surface area contributed by atoms with Crippen LogP contribution in [0.4, 0.5) is 0 Å². The molecule has 0 amide bonds. The van der Waals surface area contributed by atoms with Gasteiger partial charge in [-0.3, -0.25) is 4.79 Å². The average molecular weight is 225 g/mol. The molecule has 0 radical (unpaired) electrons. The Bertz CT molecular complexity index is 399. The zero-order valence-electron chi connectivity index (χ0n) is 8.42. The standard InChI is InChI=1S/C12H13ClO2/c13-11-6-8-4-2-1-3-5-9(8)10(7-14)12(11)15/h6-7,15H,1-5H2. The van der Waals surface area contributed by atoms with E-state index >= 15 is 0 Å². The third-order valence-corrected chi connectivity index (χ3v) is 3.27. The zero-order chi connectivity index (χ0) is 10.8. The maximum atomic E-state index is 10.9. The third-order valence-electron chi connectivity index (χ3n) is 2.99. The van der Waals surface area contributed by atoms with Gasteiger partial charge < -0.3 is 5.11 Å². The van der Waals surface area contributed by atoms with E-state index in [1.54, 1.807) is 6.07 Å². The van der Waals surface area contributed by atoms with Gasteiger partial charge in [-0.05, 0) is 42.9 Å². The van der Waals surface area contributed by atoms with Crippen molar-refractivity contribution in [2.45, 2.75) is 32.1 Å². The fourth-order valence-corrected chi connectivity index (χ4v) is 2.43. The number of carbonyl (C=O) groups excluding carboxylic acids is 1. The van der Waals surface area contributed by atoms with Crippen LogP contribution in [0.5, 0.6) is 5.75 Å². The van der Waals surface area contributed by atoms with Crippen molar-refractivity contribution in [2.75, 3.05) is 0 Å². The number of rotatable bonds is 1. The normalized spacial score (nSPS) is 15.5. The first-order valence-electron chi connectivity index (χ1n) is 5.22. The van der Waals surface area contributed by atoms with Crippen molar-refractivity contribution in [1.82, 2.24) is 0 Å². The van der Waals surface area contributed by atoms with E-state index in [0.717, 1.165) is 36.8 Å². The maximum Gasteiger partial charge on any atom is 0.154 e. The van der Waals surface area contributed by atoms with Gasteiger partial charge in [-0.1, -0.05) is 18.0 Å². The highest BCUT2D eigenvalue weighted by atomic mass is 35.5. The summed E-state index contributed by atoms with van der Waals surface area (Å²) in [6.07, 6.45) is 5.92. The van der Waals surface area contributed by atoms with Crippen molar-refractivity contribution < 1.29 is 9.90 Å². The van der Waals surface area contributed by atoms with Crippen LogP contribution in [0.1, 0.15) is 40.7 Å². The van der Waals surface area contributed by atoms with Crippen LogP contribution >= 0.6 is 11.6 Å². The summed E-state index contributed by atoms with van der Waals surface area (Å²) in [5, 5.41) is 9.97. The molecule has 1 aliphatic carbocycles. The van der Waals surface area contributed by atoms with E-state index in [1.165, 1.54) is 6.42 Å². The summed E-state index contributed by atoms with van der Waals surface area (Å²) in [6, 6.07) is 1.80. The molecule has 0 fully saturated rings. The number of carbonyl (C=O) groups is 1. The molecule has 0 atom stereocenters. The molecular formula is C12H13ClO2. The van der Waals surface area contributed by atoms with Gasteiger partial charge >= 0.3 is 0 Å². The molecule has 1 aliphatic rings. The Morgan fingerprint density at radius 3 is 2.73 bits per heavy atom. The average Bonchev–Trinajstić information content (AvgIpc) is 2.45. The number of aromatic hydroxyl groups is 1. The third kappa shape index (κ3) is 1.86. The summed E-state index contributed by atoms with van der Waals surface area (Å²) >= 11 is 5.87. The SMILES string of the molecule is O=Cc1c(O)c(Cl)cc2c1CCCCC2. The van der Waals surface area contributed by atoms with Crippen molar-refractivity contribution in [3.63, 3.8) is 0 Å². The Labute approximate surface area is 93.9 Å². The molecule has 3 heteroatoms. The van der Waals surface area contributed by atoms with Gasteiger partial charge in [-0.15, -0.1) is 0 Å². The summed E-state index contributed by atoms with van der Waals surface area (Å²) in [6.45, 7) is 0. The largest absolute Gasteiger partial charge is 0.506 e. The van der Waals surface area contributed by atoms with E-state index in [9.17, 15) is 9.90 Å². The second kappa shape index (κ2) is 4.23. The van der Waals surface area contributed by atoms with Crippen LogP contribution in [0, 0.1) is 0 Å². The Kier molecular flexibility index (Phi) is 2.96. The molecule has 1 aromatic carbocycles. The van der Waals surface area contributed by atoms with Gasteiger partial charge in [0.1, 0.15) is 5.75 Å². The number of hydrogen-bond acceptors (Lipinski definition) is 2. The van der Waals surface area contributed by atoms with Crippen molar-refractivity contribution in [1.29, 1.82) is 0 Å². The molecular weight excluding hydrogens is 212 g/mol. The van der Waals surface area contributed by atoms with Gasteiger partial charge in [0.05, 0.1) is 10.6 Å². The monoisotopic (exact) mass is 224 g/mol. The minimum atomic E-state index is -0.0627. The Morgan fingerprint density at radius 1 is 1.27 bits per heavy atom. The molecule has 1 N–H and O–H groups in total. The highest BCUT2D eigenvalue weighted by Crippen LogP contribution is 2.34. The molecule has 80 valence electrons. The van der Waals surface area contributed by atoms with Gasteiger partial charge in [-0.2, -0.15) is 0 Å². The number of benzene rings is 1. The molecule has 0 spiro atoms. The Balaban J connectivity index is 2.61. The molecule has 2 rings (SSSR count). The van der Waals surface area contributed by atoms with Crippen LogP contribution in [-0.4, -0.2) is 11.4 Å². The predicted molar refractivity (Wildman–Crippen MR) is 59.8 cm³/mol. The number of aldehydes is 1. The predicted octanol–water partition coefficient (Wildman–Crippen LogP) is 3.13. The number of phenolic OH excluding ortho intramolecular Hbond substituents is 1. The van der Waals surface area contributed by atoms with Crippen LogP contribution in [0.25, 0.3) is 0 Å². The molecule has 0 saturated heterocycles. The van der Waals surface area contributed by atoms with Crippen LogP contribution in [-0.2, 0) is 12.8 Å². The summed E-state index contributed by atoms with van der Waals surface area (Å²) in [5.74, 6) is -0.0627. The van der Waals surface area contributed by atoms with E-state index in [-0.39, 0.29) is 10.8 Å². The number of phenols is 1. The van der Waals surface area contributed by atoms with Gasteiger partial charge in [0.15, 0.2) is 6.29 Å². The lowest BCUT2D eigenvalue weighted by atomic mass is 9.97. The van der Waals surface area contributed by atoms with Crippen molar-refractivity contribution in [3.05, 3.63) is 27.8 Å². The van der Waals surface area contributed by atoms with E-state index in [1.807, 2.05) is 0 Å². The molecule has 0 aromatic heterocycles. The first-order valence-corrected chi connectivity index (χ1v) is 5.60. The van der Waals surface area contributed by atoms with Crippen molar-refractivity contribution in [2.24, 2.45) is 0 Å². The lowest BCUT2D eigenvalue weighted by molar-refractivity contribution is 0.112. The quantitative estimate of drug-likeness (QED) is 0.588. The highest BCUT2D eigenvalue weighted by Gasteiger charge is 2.17. The van der Waals surface area contributed by atoms with Crippen LogP contribution in [0.2, 0.25) is 5.02 Å². The lowest BCUT2D eigenvalue weighted by Crippen LogP contribution is -1.98. The maximum absolute atomic E-state index is 10.9. The van der Waals surface area contributed by atoms with E-state index in [2.05, 4.69) is 0 Å². The molecule has 0 saturated carbocycles. The van der Waals surface area contributed by atoms with Gasteiger partial charge in [-0.25, -0.2) is 0 Å². The fourth-order valence-electron chi connectivity index (χ4n) is 2.19. The smallest absolute Gasteiger partial charge is 0.154 e. The highest BCUT2D eigenvalue weighted by molar-refractivity contribution is 6.32. The number of hydrogen-bond donors (Lipinski definition) is 1. The van der Waals surface area contributed by atoms with Crippen LogP contribution in [0.3, 0.4) is 0 Å². The number of fused-ring (bicyclic) bond motifs is 1. The molecule has 1 aromatic rings. The summed E-state index contributed by atoms with van der Waals surface area (Å²) in [4.78, 5) is 10.9. The van der Waals surface area contributed by atoms with Crippen LogP contribution < -0.4 is 0 Å². The number of halogens is 1. The van der Waals surface area contributed by atoms with E-state index in [0.29, 0.717) is 11.8 Å². The first kappa shape index (κ1) is 10.5. The molecule has 2 nitrogen and oxygen atoms in total. The van der Waals surface area contributed by atoms with Gasteiger partial charge in [0.25, 0.3) is 0 Å². The molecule has 0 heterocycles. The minimum Gasteiger partial charge on any atom is -0.506 e. The first-order chi connectivity index (χ1) is 7.24. The fraction of sp³-hybridized carbons (Fsp3) is 0.417. The van der Waals surface area contributed by atoms with Crippen molar-refractivity contribution >= 4 is 17.9 Å². The molecule has 0 bridgehead atoms. The van der Waals surface area contributed by atoms with Gasteiger partial charge in [0.2, 0.25) is 0 Å². The summed E-state index contributed by atoms with van der Waals surface area (Å²) < 4.78 is 0. The molecule has 0 aliphatic heterocycles. The van der Waals surface area contributed by atoms with Crippen molar-refractivity contribution in [3.8, 4) is 5.75 Å². The molecule has 0 unspecified atom stereocenters. The summed E-state index contributed by atoms with van der Waals surface area (Å²) in [7, 11) is 0. The minimum absolute atomic E-state index is 0.0627. The zero-order valence-corrected chi connectivity index (χ0v) is 9.18. The molecule has 15 heavy (non-hydrogen) atoms. The van der Waals surface area contributed by atoms with Crippen LogP contribution in [0.15, 0.2) is 6.07 Å². The summed E-state index contributed by atoms with van der Waals surface area (Å²) in [5.41, 5.74) is 2.50. The Hall–Kier alpha value is -1.02. The van der Waals surface area contributed by atoms with E-state index in [4.69, 9.17) is 11.6 Å². The lowest BCUT2D eigenvalue weighted by Gasteiger charge is -2.11. The number of aryl methyl sites for hydroxylation is 1. The topological polar surface area (TPSA) is 37.3 Å². The van der Waals surface area contributed by atoms with E-state index < -0.39 is 0 Å².